The average molecular weight is 176 g/mol. The Balaban J connectivity index is 2.34. The van der Waals surface area contributed by atoms with E-state index in [4.69, 9.17) is 0 Å². The van der Waals surface area contributed by atoms with Crippen LogP contribution in [0, 0.1) is 5.41 Å². The Bertz CT molecular complexity index is 305. The number of pyridine rings is 1. The maximum atomic E-state index is 4.43. The number of nitrogens with one attached hydrogen (secondary N) is 1. The van der Waals surface area contributed by atoms with Crippen molar-refractivity contribution in [3.63, 3.8) is 0 Å². The maximum absolute atomic E-state index is 4.43. The second kappa shape index (κ2) is 3.11. The van der Waals surface area contributed by atoms with Crippen LogP contribution in [-0.4, -0.2) is 11.5 Å². The zero-order valence-electron chi connectivity index (χ0n) is 8.30. The summed E-state index contributed by atoms with van der Waals surface area (Å²) in [5, 5.41) is 3.45. The number of hydrogen-bond acceptors (Lipinski definition) is 2. The van der Waals surface area contributed by atoms with E-state index in [1.807, 2.05) is 12.3 Å². The molecule has 13 heavy (non-hydrogen) atoms. The topological polar surface area (TPSA) is 24.9 Å². The van der Waals surface area contributed by atoms with Crippen molar-refractivity contribution in [2.75, 3.05) is 6.54 Å². The van der Waals surface area contributed by atoms with Crippen molar-refractivity contribution in [3.8, 4) is 0 Å². The second-order valence-electron chi connectivity index (χ2n) is 4.55. The first-order valence-electron chi connectivity index (χ1n) is 4.81. The van der Waals surface area contributed by atoms with Gasteiger partial charge in [-0.1, -0.05) is 19.9 Å². The molecule has 2 rings (SSSR count). The molecule has 0 fully saturated rings. The predicted octanol–water partition coefficient (Wildman–Crippen LogP) is 1.75. The van der Waals surface area contributed by atoms with E-state index in [0.29, 0.717) is 5.41 Å². The molecular formula is C11H16N2. The monoisotopic (exact) mass is 176 g/mol. The molecule has 2 heterocycles. The molecule has 0 unspecified atom stereocenters. The van der Waals surface area contributed by atoms with Crippen molar-refractivity contribution in [1.29, 1.82) is 0 Å². The summed E-state index contributed by atoms with van der Waals surface area (Å²) in [4.78, 5) is 4.43. The Labute approximate surface area is 79.4 Å². The van der Waals surface area contributed by atoms with Crippen molar-refractivity contribution in [2.45, 2.75) is 26.8 Å². The minimum absolute atomic E-state index is 0.333. The molecule has 1 aromatic rings. The molecule has 0 saturated carbocycles. The first-order chi connectivity index (χ1) is 6.17. The van der Waals surface area contributed by atoms with Gasteiger partial charge in [0.1, 0.15) is 0 Å². The van der Waals surface area contributed by atoms with E-state index in [1.165, 1.54) is 11.3 Å². The molecule has 1 aliphatic rings. The highest BCUT2D eigenvalue weighted by Crippen LogP contribution is 2.24. The van der Waals surface area contributed by atoms with E-state index >= 15 is 0 Å². The zero-order chi connectivity index (χ0) is 9.31. The van der Waals surface area contributed by atoms with E-state index in [1.54, 1.807) is 0 Å². The van der Waals surface area contributed by atoms with Gasteiger partial charge in [0.05, 0.1) is 0 Å². The van der Waals surface area contributed by atoms with E-state index in [9.17, 15) is 0 Å². The standard InChI is InChI=1S/C11H16N2/c1-11(2)6-10-9(7-12-8-11)4-3-5-13-10/h3-5,12H,6-8H2,1-2H3. The summed E-state index contributed by atoms with van der Waals surface area (Å²) in [6.07, 6.45) is 2.97. The predicted molar refractivity (Wildman–Crippen MR) is 53.4 cm³/mol. The van der Waals surface area contributed by atoms with Gasteiger partial charge >= 0.3 is 0 Å². The van der Waals surface area contributed by atoms with Gasteiger partial charge in [-0.05, 0) is 23.5 Å². The van der Waals surface area contributed by atoms with Crippen LogP contribution < -0.4 is 5.32 Å². The third-order valence-electron chi connectivity index (χ3n) is 2.55. The van der Waals surface area contributed by atoms with Gasteiger partial charge < -0.3 is 5.32 Å². The number of rotatable bonds is 0. The van der Waals surface area contributed by atoms with E-state index in [2.05, 4.69) is 30.2 Å². The van der Waals surface area contributed by atoms with Gasteiger partial charge in [0.15, 0.2) is 0 Å². The van der Waals surface area contributed by atoms with Crippen LogP contribution in [0.5, 0.6) is 0 Å². The third kappa shape index (κ3) is 1.89. The number of nitrogens with zero attached hydrogens (tertiary/aromatic N) is 1. The summed E-state index contributed by atoms with van der Waals surface area (Å²) in [7, 11) is 0. The molecule has 1 aliphatic heterocycles. The average Bonchev–Trinajstić information content (AvgIpc) is 2.21. The van der Waals surface area contributed by atoms with Crippen LogP contribution in [0.3, 0.4) is 0 Å². The maximum Gasteiger partial charge on any atom is 0.0454 e. The largest absolute Gasteiger partial charge is 0.312 e. The smallest absolute Gasteiger partial charge is 0.0454 e. The quantitative estimate of drug-likeness (QED) is 0.651. The number of fused-ring (bicyclic) bond motifs is 1. The number of hydrogen-bond donors (Lipinski definition) is 1. The molecule has 0 spiro atoms. The Kier molecular flexibility index (Phi) is 2.08. The van der Waals surface area contributed by atoms with Crippen LogP contribution in [0.2, 0.25) is 0 Å². The summed E-state index contributed by atoms with van der Waals surface area (Å²) in [6.45, 7) is 6.60. The Hall–Kier alpha value is -0.890. The van der Waals surface area contributed by atoms with E-state index < -0.39 is 0 Å². The lowest BCUT2D eigenvalue weighted by Crippen LogP contribution is -2.27. The lowest BCUT2D eigenvalue weighted by Gasteiger charge is -2.21. The van der Waals surface area contributed by atoms with Crippen LogP contribution >= 0.6 is 0 Å². The van der Waals surface area contributed by atoms with Gasteiger partial charge in [-0.3, -0.25) is 4.98 Å². The molecule has 0 saturated heterocycles. The second-order valence-corrected chi connectivity index (χ2v) is 4.55. The lowest BCUT2D eigenvalue weighted by atomic mass is 9.88. The Morgan fingerprint density at radius 3 is 3.15 bits per heavy atom. The molecule has 70 valence electrons. The van der Waals surface area contributed by atoms with Crippen molar-refractivity contribution in [2.24, 2.45) is 5.41 Å². The van der Waals surface area contributed by atoms with Crippen LogP contribution in [0.1, 0.15) is 25.1 Å². The molecule has 0 radical (unpaired) electrons. The summed E-state index contributed by atoms with van der Waals surface area (Å²) < 4.78 is 0. The Morgan fingerprint density at radius 1 is 1.46 bits per heavy atom. The van der Waals surface area contributed by atoms with Gasteiger partial charge in [0, 0.05) is 25.0 Å². The molecule has 1 aromatic heterocycles. The minimum Gasteiger partial charge on any atom is -0.312 e. The van der Waals surface area contributed by atoms with Gasteiger partial charge in [-0.25, -0.2) is 0 Å². The zero-order valence-corrected chi connectivity index (χ0v) is 8.30. The first kappa shape index (κ1) is 8.70. The molecule has 0 amide bonds. The molecule has 1 N–H and O–H groups in total. The van der Waals surface area contributed by atoms with Gasteiger partial charge in [-0.15, -0.1) is 0 Å². The molecule has 0 aromatic carbocycles. The molecule has 2 nitrogen and oxygen atoms in total. The van der Waals surface area contributed by atoms with Crippen molar-refractivity contribution in [1.82, 2.24) is 10.3 Å². The van der Waals surface area contributed by atoms with Crippen LogP contribution in [0.4, 0.5) is 0 Å². The highest BCUT2D eigenvalue weighted by atomic mass is 14.9. The van der Waals surface area contributed by atoms with Gasteiger partial charge in [0.25, 0.3) is 0 Å². The van der Waals surface area contributed by atoms with Crippen LogP contribution in [0.15, 0.2) is 18.3 Å². The fourth-order valence-electron chi connectivity index (χ4n) is 1.84. The summed E-state index contributed by atoms with van der Waals surface area (Å²) >= 11 is 0. The fourth-order valence-corrected chi connectivity index (χ4v) is 1.84. The summed E-state index contributed by atoms with van der Waals surface area (Å²) in [6, 6.07) is 4.18. The van der Waals surface area contributed by atoms with Crippen molar-refractivity contribution in [3.05, 3.63) is 29.6 Å². The molecule has 0 atom stereocenters. The van der Waals surface area contributed by atoms with Gasteiger partial charge in [0.2, 0.25) is 0 Å². The minimum atomic E-state index is 0.333. The van der Waals surface area contributed by atoms with Crippen LogP contribution in [0.25, 0.3) is 0 Å². The molecule has 0 aliphatic carbocycles. The van der Waals surface area contributed by atoms with Crippen LogP contribution in [-0.2, 0) is 13.0 Å². The van der Waals surface area contributed by atoms with E-state index in [0.717, 1.165) is 19.5 Å². The Morgan fingerprint density at radius 2 is 2.31 bits per heavy atom. The van der Waals surface area contributed by atoms with Crippen molar-refractivity contribution >= 4 is 0 Å². The molecular weight excluding hydrogens is 160 g/mol. The SMILES string of the molecule is CC1(C)CNCc2cccnc2C1. The molecule has 2 heteroatoms. The highest BCUT2D eigenvalue weighted by Gasteiger charge is 2.23. The summed E-state index contributed by atoms with van der Waals surface area (Å²) in [5.74, 6) is 0. The molecule has 0 bridgehead atoms. The first-order valence-corrected chi connectivity index (χ1v) is 4.81. The normalized spacial score (nSPS) is 20.5. The number of aromatic nitrogens is 1. The highest BCUT2D eigenvalue weighted by molar-refractivity contribution is 5.22. The fraction of sp³-hybridized carbons (Fsp3) is 0.545. The van der Waals surface area contributed by atoms with E-state index in [-0.39, 0.29) is 0 Å². The lowest BCUT2D eigenvalue weighted by molar-refractivity contribution is 0.347. The third-order valence-corrected chi connectivity index (χ3v) is 2.55. The van der Waals surface area contributed by atoms with Crippen molar-refractivity contribution < 1.29 is 0 Å². The van der Waals surface area contributed by atoms with Gasteiger partial charge in [-0.2, -0.15) is 0 Å². The summed E-state index contributed by atoms with van der Waals surface area (Å²) in [5.41, 5.74) is 2.95.